The van der Waals surface area contributed by atoms with E-state index in [4.69, 9.17) is 4.74 Å². The molecule has 1 aromatic carbocycles. The third-order valence-corrected chi connectivity index (χ3v) is 4.15. The van der Waals surface area contributed by atoms with Gasteiger partial charge in [-0.3, -0.25) is 14.8 Å². The van der Waals surface area contributed by atoms with Crippen LogP contribution < -0.4 is 4.72 Å². The minimum atomic E-state index is -3.70. The Morgan fingerprint density at radius 2 is 2.00 bits per heavy atom. The van der Waals surface area contributed by atoms with Crippen LogP contribution in [0.4, 0.5) is 11.4 Å². The highest BCUT2D eigenvalue weighted by Gasteiger charge is 2.24. The van der Waals surface area contributed by atoms with Crippen LogP contribution in [-0.2, 0) is 14.9 Å². The predicted molar refractivity (Wildman–Crippen MR) is 68.0 cm³/mol. The van der Waals surface area contributed by atoms with E-state index in [1.54, 1.807) is 0 Å². The van der Waals surface area contributed by atoms with Crippen molar-refractivity contribution in [1.29, 1.82) is 0 Å². The van der Waals surface area contributed by atoms with Gasteiger partial charge in [-0.2, -0.15) is 12.7 Å². The molecule has 1 heterocycles. The van der Waals surface area contributed by atoms with Crippen molar-refractivity contribution in [3.63, 3.8) is 0 Å². The van der Waals surface area contributed by atoms with E-state index >= 15 is 0 Å². The SMILES string of the molecule is O=[N+]([O-])c1cccc(NS(=O)(=O)N2CCOCC2)c1. The van der Waals surface area contributed by atoms with Gasteiger partial charge in [0.25, 0.3) is 5.69 Å². The number of nitro benzene ring substituents is 1. The van der Waals surface area contributed by atoms with Gasteiger partial charge in [0.2, 0.25) is 0 Å². The molecule has 0 saturated carbocycles. The second-order valence-electron chi connectivity index (χ2n) is 3.93. The first kappa shape index (κ1) is 13.7. The molecule has 0 aromatic heterocycles. The maximum Gasteiger partial charge on any atom is 0.301 e. The number of rotatable bonds is 4. The number of ether oxygens (including phenoxy) is 1. The average molecular weight is 287 g/mol. The van der Waals surface area contributed by atoms with E-state index in [2.05, 4.69) is 4.72 Å². The second-order valence-corrected chi connectivity index (χ2v) is 5.60. The minimum Gasteiger partial charge on any atom is -0.379 e. The molecule has 1 aliphatic rings. The van der Waals surface area contributed by atoms with Crippen molar-refractivity contribution < 1.29 is 18.1 Å². The van der Waals surface area contributed by atoms with Crippen LogP contribution in [0.3, 0.4) is 0 Å². The lowest BCUT2D eigenvalue weighted by molar-refractivity contribution is -0.384. The molecule has 2 rings (SSSR count). The molecule has 8 nitrogen and oxygen atoms in total. The Labute approximate surface area is 110 Å². The smallest absolute Gasteiger partial charge is 0.301 e. The van der Waals surface area contributed by atoms with Crippen molar-refractivity contribution in [1.82, 2.24) is 4.31 Å². The van der Waals surface area contributed by atoms with E-state index in [1.807, 2.05) is 0 Å². The normalized spacial score (nSPS) is 17.1. The van der Waals surface area contributed by atoms with Gasteiger partial charge in [0.05, 0.1) is 23.8 Å². The van der Waals surface area contributed by atoms with Crippen LogP contribution in [0.25, 0.3) is 0 Å². The lowest BCUT2D eigenvalue weighted by Gasteiger charge is -2.26. The van der Waals surface area contributed by atoms with Crippen LogP contribution in [0.5, 0.6) is 0 Å². The predicted octanol–water partition coefficient (Wildman–Crippen LogP) is 0.584. The highest BCUT2D eigenvalue weighted by Crippen LogP contribution is 2.19. The Balaban J connectivity index is 2.15. The van der Waals surface area contributed by atoms with Crippen molar-refractivity contribution in [3.05, 3.63) is 34.4 Å². The fourth-order valence-electron chi connectivity index (χ4n) is 1.68. The summed E-state index contributed by atoms with van der Waals surface area (Å²) in [5.74, 6) is 0. The first-order valence-electron chi connectivity index (χ1n) is 5.59. The Bertz CT molecular complexity index is 568. The number of hydrogen-bond acceptors (Lipinski definition) is 5. The van der Waals surface area contributed by atoms with E-state index in [0.717, 1.165) is 0 Å². The van der Waals surface area contributed by atoms with Crippen molar-refractivity contribution in [2.24, 2.45) is 0 Å². The van der Waals surface area contributed by atoms with Gasteiger partial charge in [-0.05, 0) is 6.07 Å². The second kappa shape index (κ2) is 5.51. The van der Waals surface area contributed by atoms with Crippen molar-refractivity contribution in [2.75, 3.05) is 31.0 Å². The maximum atomic E-state index is 12.0. The molecule has 1 aromatic rings. The molecule has 0 spiro atoms. The number of nitrogens with one attached hydrogen (secondary N) is 1. The van der Waals surface area contributed by atoms with Gasteiger partial charge < -0.3 is 4.74 Å². The maximum absolute atomic E-state index is 12.0. The number of benzene rings is 1. The fraction of sp³-hybridized carbons (Fsp3) is 0.400. The van der Waals surface area contributed by atoms with Crippen LogP contribution in [0.2, 0.25) is 0 Å². The van der Waals surface area contributed by atoms with Crippen molar-refractivity contribution >= 4 is 21.6 Å². The van der Waals surface area contributed by atoms with Gasteiger partial charge in [-0.25, -0.2) is 0 Å². The van der Waals surface area contributed by atoms with Gasteiger partial charge in [-0.15, -0.1) is 0 Å². The summed E-state index contributed by atoms with van der Waals surface area (Å²) >= 11 is 0. The third-order valence-electron chi connectivity index (χ3n) is 2.61. The summed E-state index contributed by atoms with van der Waals surface area (Å²) in [7, 11) is -3.70. The average Bonchev–Trinajstić information content (AvgIpc) is 2.39. The zero-order chi connectivity index (χ0) is 13.9. The monoisotopic (exact) mass is 287 g/mol. The van der Waals surface area contributed by atoms with Crippen LogP contribution >= 0.6 is 0 Å². The Morgan fingerprint density at radius 3 is 2.63 bits per heavy atom. The van der Waals surface area contributed by atoms with Gasteiger partial charge in [0.15, 0.2) is 0 Å². The standard InChI is InChI=1S/C10H13N3O5S/c14-13(15)10-3-1-2-9(8-10)11-19(16,17)12-4-6-18-7-5-12/h1-3,8,11H,4-7H2. The number of hydrogen-bond donors (Lipinski definition) is 1. The third kappa shape index (κ3) is 3.40. The molecule has 1 fully saturated rings. The van der Waals surface area contributed by atoms with Crippen LogP contribution in [0.1, 0.15) is 0 Å². The number of morpholine rings is 1. The van der Waals surface area contributed by atoms with E-state index in [1.165, 1.54) is 28.6 Å². The number of non-ortho nitro benzene ring substituents is 1. The molecule has 0 unspecified atom stereocenters. The number of nitrogens with zero attached hydrogens (tertiary/aromatic N) is 2. The van der Waals surface area contributed by atoms with Crippen LogP contribution in [0, 0.1) is 10.1 Å². The number of nitro groups is 1. The molecule has 0 atom stereocenters. The molecule has 0 amide bonds. The lowest BCUT2D eigenvalue weighted by atomic mass is 10.3. The summed E-state index contributed by atoms with van der Waals surface area (Å²) in [6.45, 7) is 1.22. The molecular weight excluding hydrogens is 274 g/mol. The lowest BCUT2D eigenvalue weighted by Crippen LogP contribution is -2.43. The summed E-state index contributed by atoms with van der Waals surface area (Å²) in [6, 6.07) is 5.37. The summed E-state index contributed by atoms with van der Waals surface area (Å²) < 4.78 is 32.7. The molecule has 0 radical (unpaired) electrons. The first-order chi connectivity index (χ1) is 8.99. The summed E-state index contributed by atoms with van der Waals surface area (Å²) in [6.07, 6.45) is 0. The summed E-state index contributed by atoms with van der Waals surface area (Å²) in [5.41, 5.74) is 0.00266. The number of anilines is 1. The van der Waals surface area contributed by atoms with Gasteiger partial charge in [-0.1, -0.05) is 6.07 Å². The molecule has 19 heavy (non-hydrogen) atoms. The molecule has 0 aliphatic carbocycles. The molecule has 1 aliphatic heterocycles. The fourth-order valence-corrected chi connectivity index (χ4v) is 2.87. The van der Waals surface area contributed by atoms with Crippen LogP contribution in [-0.4, -0.2) is 43.9 Å². The van der Waals surface area contributed by atoms with E-state index < -0.39 is 15.1 Å². The zero-order valence-corrected chi connectivity index (χ0v) is 10.8. The summed E-state index contributed by atoms with van der Waals surface area (Å²) in [4.78, 5) is 10.0. The Morgan fingerprint density at radius 1 is 1.32 bits per heavy atom. The topological polar surface area (TPSA) is 102 Å². The Kier molecular flexibility index (Phi) is 3.98. The quantitative estimate of drug-likeness (QED) is 0.644. The molecule has 9 heteroatoms. The highest BCUT2D eigenvalue weighted by atomic mass is 32.2. The first-order valence-corrected chi connectivity index (χ1v) is 7.03. The molecule has 0 bridgehead atoms. The van der Waals surface area contributed by atoms with Crippen molar-refractivity contribution in [3.8, 4) is 0 Å². The summed E-state index contributed by atoms with van der Waals surface area (Å²) in [5, 5.41) is 10.6. The van der Waals surface area contributed by atoms with E-state index in [0.29, 0.717) is 13.2 Å². The molecule has 1 N–H and O–H groups in total. The molecule has 104 valence electrons. The Hall–Kier alpha value is -1.71. The van der Waals surface area contributed by atoms with Crippen LogP contribution in [0.15, 0.2) is 24.3 Å². The van der Waals surface area contributed by atoms with Gasteiger partial charge in [0, 0.05) is 25.2 Å². The van der Waals surface area contributed by atoms with E-state index in [-0.39, 0.29) is 24.5 Å². The molecule has 1 saturated heterocycles. The van der Waals surface area contributed by atoms with Gasteiger partial charge >= 0.3 is 10.2 Å². The largest absolute Gasteiger partial charge is 0.379 e. The van der Waals surface area contributed by atoms with E-state index in [9.17, 15) is 18.5 Å². The van der Waals surface area contributed by atoms with Gasteiger partial charge in [0.1, 0.15) is 0 Å². The minimum absolute atomic E-state index is 0.165. The molecular formula is C10H13N3O5S. The zero-order valence-electron chi connectivity index (χ0n) is 9.98. The highest BCUT2D eigenvalue weighted by molar-refractivity contribution is 7.90. The van der Waals surface area contributed by atoms with Crippen molar-refractivity contribution in [2.45, 2.75) is 0 Å².